The Morgan fingerprint density at radius 3 is 2.62 bits per heavy atom. The second-order valence-corrected chi connectivity index (χ2v) is 19.1. The molecule has 2 aliphatic heterocycles. The second-order valence-electron chi connectivity index (χ2n) is 17.1. The van der Waals surface area contributed by atoms with Crippen molar-refractivity contribution in [3.63, 3.8) is 0 Å². The van der Waals surface area contributed by atoms with Crippen LogP contribution < -0.4 is 24.8 Å². The van der Waals surface area contributed by atoms with Crippen LogP contribution in [0.3, 0.4) is 0 Å². The maximum Gasteiger partial charge on any atom is 0.408 e. The standard InChI is InChI=1S/C43H50FN5O10S/c1-5-56-33-15-11-13-28-34-37(58-35(28)33)36(29-20-25(44)16-19-30(29)45-34)57-26-21-32-38(50)47-43(40(52)48-60(54,55)27-17-18-27)22-24(43)12-9-7-6-8-10-14-31(39(51)49(32)23-26)46-41(53)59-42(2,3)4/h9,11-13,15-16,19-20,24,26-27,31-32H,5-8,10,14,17-18,21-23H2,1-4H3,(H,46,53)(H,47,50)(H,48,52)/b12-9-/t24-,26+,31-,32-,43+/m0/s1. The highest BCUT2D eigenvalue weighted by Crippen LogP contribution is 2.47. The number of nitrogens with one attached hydrogen (secondary N) is 3. The normalized spacial score (nSPS) is 25.7. The van der Waals surface area contributed by atoms with Crippen molar-refractivity contribution in [1.82, 2.24) is 25.2 Å². The predicted molar refractivity (Wildman–Crippen MR) is 219 cm³/mol. The van der Waals surface area contributed by atoms with E-state index in [9.17, 15) is 32.0 Å². The molecule has 60 heavy (non-hydrogen) atoms. The molecular formula is C43H50FN5O10S. The number of sulfonamides is 1. The van der Waals surface area contributed by atoms with Crippen LogP contribution in [0.2, 0.25) is 0 Å². The minimum absolute atomic E-state index is 0.0830. The number of carbonyl (C=O) groups excluding carboxylic acids is 4. The fourth-order valence-electron chi connectivity index (χ4n) is 8.23. The van der Waals surface area contributed by atoms with Crippen LogP contribution in [0.1, 0.15) is 85.5 Å². The third-order valence-electron chi connectivity index (χ3n) is 11.4. The maximum absolute atomic E-state index is 14.9. The van der Waals surface area contributed by atoms with Crippen LogP contribution in [-0.4, -0.2) is 89.8 Å². The first-order valence-corrected chi connectivity index (χ1v) is 22.2. The van der Waals surface area contributed by atoms with Crippen molar-refractivity contribution >= 4 is 66.8 Å². The Kier molecular flexibility index (Phi) is 10.9. The highest BCUT2D eigenvalue weighted by atomic mass is 32.2. The number of hydrogen-bond donors (Lipinski definition) is 3. The SMILES string of the molecule is CCOc1cccc2c1oc1c(O[C@@H]3C[C@H]4C(=O)N[C@]5(C(=O)NS(=O)(=O)C6CC6)C[C@@H]5/C=C\CCCCC[C@H](NC(=O)OC(C)(C)C)C(=O)N4C3)c3cc(F)ccc3nc12. The smallest absolute Gasteiger partial charge is 0.408 e. The average Bonchev–Trinajstić information content (AvgIpc) is 4.08. The number of alkyl carbamates (subject to hydrolysis) is 1. The first-order valence-electron chi connectivity index (χ1n) is 20.7. The third-order valence-corrected chi connectivity index (χ3v) is 13.2. The minimum atomic E-state index is -3.95. The molecule has 0 unspecified atom stereocenters. The number of furan rings is 1. The van der Waals surface area contributed by atoms with Gasteiger partial charge in [0.05, 0.1) is 29.3 Å². The predicted octanol–water partition coefficient (Wildman–Crippen LogP) is 5.92. The number of aromatic nitrogens is 1. The lowest BCUT2D eigenvalue weighted by atomic mass is 10.0. The lowest BCUT2D eigenvalue weighted by Crippen LogP contribution is -2.58. The van der Waals surface area contributed by atoms with E-state index in [2.05, 4.69) is 15.4 Å². The zero-order valence-electron chi connectivity index (χ0n) is 34.0. The van der Waals surface area contributed by atoms with Gasteiger partial charge in [0.2, 0.25) is 21.8 Å². The number of amides is 4. The number of hydrogen-bond acceptors (Lipinski definition) is 11. The van der Waals surface area contributed by atoms with Crippen molar-refractivity contribution in [3.8, 4) is 11.5 Å². The van der Waals surface area contributed by atoms with Crippen molar-refractivity contribution in [1.29, 1.82) is 0 Å². The lowest BCUT2D eigenvalue weighted by Gasteiger charge is -2.30. The largest absolute Gasteiger partial charge is 0.490 e. The number of allylic oxidation sites excluding steroid dienone is 1. The van der Waals surface area contributed by atoms with Crippen molar-refractivity contribution in [2.45, 2.75) is 120 Å². The van der Waals surface area contributed by atoms with Crippen LogP contribution in [0.15, 0.2) is 53.0 Å². The van der Waals surface area contributed by atoms with Gasteiger partial charge in [-0.2, -0.15) is 0 Å². The van der Waals surface area contributed by atoms with E-state index in [1.807, 2.05) is 31.2 Å². The van der Waals surface area contributed by atoms with E-state index < -0.39 is 80.2 Å². The van der Waals surface area contributed by atoms with Gasteiger partial charge >= 0.3 is 6.09 Å². The van der Waals surface area contributed by atoms with Gasteiger partial charge in [0.25, 0.3) is 5.91 Å². The molecule has 3 fully saturated rings. The topological polar surface area (TPSA) is 195 Å². The molecular weight excluding hydrogens is 798 g/mol. The molecule has 2 aromatic carbocycles. The summed E-state index contributed by atoms with van der Waals surface area (Å²) in [5.74, 6) is -2.52. The van der Waals surface area contributed by atoms with Crippen molar-refractivity contribution < 1.29 is 50.6 Å². The summed E-state index contributed by atoms with van der Waals surface area (Å²) in [7, 11) is -3.95. The number of para-hydroxylation sites is 1. The number of rotatable bonds is 8. The Morgan fingerprint density at radius 1 is 1.07 bits per heavy atom. The van der Waals surface area contributed by atoms with Gasteiger partial charge in [-0.25, -0.2) is 22.6 Å². The van der Waals surface area contributed by atoms with Crippen LogP contribution in [0.25, 0.3) is 33.0 Å². The van der Waals surface area contributed by atoms with E-state index in [4.69, 9.17) is 23.6 Å². The van der Waals surface area contributed by atoms with Crippen molar-refractivity contribution in [2.75, 3.05) is 13.2 Å². The van der Waals surface area contributed by atoms with Crippen LogP contribution in [0.4, 0.5) is 9.18 Å². The van der Waals surface area contributed by atoms with E-state index >= 15 is 0 Å². The lowest BCUT2D eigenvalue weighted by molar-refractivity contribution is -0.141. The molecule has 15 nitrogen and oxygen atoms in total. The van der Waals surface area contributed by atoms with E-state index in [1.54, 1.807) is 26.8 Å². The number of nitrogens with zero attached hydrogens (tertiary/aromatic N) is 2. The Morgan fingerprint density at radius 2 is 1.87 bits per heavy atom. The van der Waals surface area contributed by atoms with E-state index in [0.717, 1.165) is 12.8 Å². The van der Waals surface area contributed by atoms with Gasteiger partial charge in [0, 0.05) is 17.7 Å². The first kappa shape index (κ1) is 41.3. The summed E-state index contributed by atoms with van der Waals surface area (Å²) in [4.78, 5) is 62.5. The van der Waals surface area contributed by atoms with Crippen molar-refractivity contribution in [3.05, 3.63) is 54.4 Å². The van der Waals surface area contributed by atoms with Gasteiger partial charge < -0.3 is 34.2 Å². The number of carbonyl (C=O) groups is 4. The summed E-state index contributed by atoms with van der Waals surface area (Å²) in [6, 6.07) is 7.17. The molecule has 1 saturated heterocycles. The summed E-state index contributed by atoms with van der Waals surface area (Å²) in [5.41, 5.74) is -0.961. The zero-order valence-corrected chi connectivity index (χ0v) is 34.9. The number of halogens is 1. The average molecular weight is 848 g/mol. The fraction of sp³-hybridized carbons (Fsp3) is 0.512. The summed E-state index contributed by atoms with van der Waals surface area (Å²) < 4.78 is 67.5. The molecule has 0 spiro atoms. The molecule has 5 atom stereocenters. The number of benzene rings is 2. The molecule has 2 aromatic heterocycles. The molecule has 4 aromatic rings. The summed E-state index contributed by atoms with van der Waals surface area (Å²) in [6.45, 7) is 7.19. The number of fused-ring (bicyclic) bond motifs is 6. The number of ether oxygens (including phenoxy) is 3. The van der Waals surface area contributed by atoms with Gasteiger partial charge in [-0.3, -0.25) is 19.1 Å². The Labute approximate surface area is 346 Å². The summed E-state index contributed by atoms with van der Waals surface area (Å²) in [6.07, 6.45) is 5.99. The van der Waals surface area contributed by atoms with Gasteiger partial charge in [-0.05, 0) is 96.6 Å². The summed E-state index contributed by atoms with van der Waals surface area (Å²) in [5, 5.41) is 5.86. The second kappa shape index (κ2) is 15.9. The highest BCUT2D eigenvalue weighted by Gasteiger charge is 2.62. The van der Waals surface area contributed by atoms with Crippen LogP contribution in [0.5, 0.6) is 11.5 Å². The monoisotopic (exact) mass is 847 g/mol. The quantitative estimate of drug-likeness (QED) is 0.178. The number of pyridine rings is 1. The first-order chi connectivity index (χ1) is 28.6. The molecule has 4 amide bonds. The fourth-order valence-corrected chi connectivity index (χ4v) is 9.59. The van der Waals surface area contributed by atoms with E-state index in [0.29, 0.717) is 65.4 Å². The van der Waals surface area contributed by atoms with Crippen LogP contribution in [0, 0.1) is 11.7 Å². The molecule has 0 bridgehead atoms. The molecule has 2 saturated carbocycles. The Balaban J connectivity index is 1.17. The highest BCUT2D eigenvalue weighted by molar-refractivity contribution is 7.91. The minimum Gasteiger partial charge on any atom is -0.490 e. The van der Waals surface area contributed by atoms with Gasteiger partial charge in [0.1, 0.15) is 40.7 Å². The maximum atomic E-state index is 14.9. The van der Waals surface area contributed by atoms with E-state index in [-0.39, 0.29) is 37.1 Å². The van der Waals surface area contributed by atoms with Gasteiger partial charge in [-0.15, -0.1) is 0 Å². The molecule has 4 heterocycles. The van der Waals surface area contributed by atoms with E-state index in [1.165, 1.54) is 23.1 Å². The van der Waals surface area contributed by atoms with Gasteiger partial charge in [0.15, 0.2) is 22.7 Å². The Bertz CT molecular complexity index is 2510. The van der Waals surface area contributed by atoms with Crippen molar-refractivity contribution in [2.24, 2.45) is 5.92 Å². The molecule has 320 valence electrons. The molecule has 17 heteroatoms. The zero-order chi connectivity index (χ0) is 42.6. The molecule has 0 radical (unpaired) electrons. The van der Waals surface area contributed by atoms with Gasteiger partial charge in [-0.1, -0.05) is 31.1 Å². The molecule has 2 aliphatic carbocycles. The molecule has 8 rings (SSSR count). The molecule has 4 aliphatic rings. The van der Waals surface area contributed by atoms with Crippen LogP contribution in [-0.2, 0) is 29.1 Å². The Hall–Kier alpha value is -5.45. The molecule has 3 N–H and O–H groups in total. The third kappa shape index (κ3) is 8.32. The summed E-state index contributed by atoms with van der Waals surface area (Å²) >= 11 is 0. The van der Waals surface area contributed by atoms with Crippen LogP contribution >= 0.6 is 0 Å².